The van der Waals surface area contributed by atoms with E-state index in [4.69, 9.17) is 4.74 Å². The molecule has 16 heavy (non-hydrogen) atoms. The minimum absolute atomic E-state index is 0.0169. The third kappa shape index (κ3) is 8.43. The molecule has 0 heterocycles. The quantitative estimate of drug-likeness (QED) is 0.640. The molecule has 1 atom stereocenters. The van der Waals surface area contributed by atoms with E-state index in [2.05, 4.69) is 33.0 Å². The van der Waals surface area contributed by atoms with E-state index in [1.165, 1.54) is 24.3 Å². The van der Waals surface area contributed by atoms with Gasteiger partial charge in [0, 0.05) is 18.9 Å². The molecule has 0 rings (SSSR count). The molecular formula is C13H29NOS. The lowest BCUT2D eigenvalue weighted by Crippen LogP contribution is -2.35. The van der Waals surface area contributed by atoms with Gasteiger partial charge in [0.15, 0.2) is 0 Å². The van der Waals surface area contributed by atoms with E-state index in [-0.39, 0.29) is 5.60 Å². The number of ether oxygens (including phenoxy) is 1. The predicted octanol–water partition coefficient (Wildman–Crippen LogP) is 3.31. The van der Waals surface area contributed by atoms with Crippen LogP contribution >= 0.6 is 11.8 Å². The van der Waals surface area contributed by atoms with E-state index in [1.54, 1.807) is 7.11 Å². The van der Waals surface area contributed by atoms with E-state index in [9.17, 15) is 0 Å². The summed E-state index contributed by atoms with van der Waals surface area (Å²) in [5.74, 6) is 2.42. The maximum atomic E-state index is 5.46. The second-order valence-electron chi connectivity index (χ2n) is 4.81. The summed E-state index contributed by atoms with van der Waals surface area (Å²) in [6.45, 7) is 9.90. The Labute approximate surface area is 106 Å². The van der Waals surface area contributed by atoms with Crippen molar-refractivity contribution in [3.63, 3.8) is 0 Å². The predicted molar refractivity (Wildman–Crippen MR) is 75.4 cm³/mol. The fraction of sp³-hybridized carbons (Fsp3) is 1.00. The summed E-state index contributed by atoms with van der Waals surface area (Å²) in [6, 6.07) is 0.638. The van der Waals surface area contributed by atoms with Crippen LogP contribution in [0.5, 0.6) is 0 Å². The van der Waals surface area contributed by atoms with Gasteiger partial charge in [0.25, 0.3) is 0 Å². The second-order valence-corrected chi connectivity index (χ2v) is 6.13. The summed E-state index contributed by atoms with van der Waals surface area (Å²) in [7, 11) is 1.80. The van der Waals surface area contributed by atoms with E-state index in [0.717, 1.165) is 13.0 Å². The number of hydrogen-bond donors (Lipinski definition) is 1. The zero-order valence-corrected chi connectivity index (χ0v) is 12.5. The van der Waals surface area contributed by atoms with E-state index in [0.29, 0.717) is 6.04 Å². The lowest BCUT2D eigenvalue weighted by molar-refractivity contribution is 0.0122. The molecule has 0 amide bonds. The lowest BCUT2D eigenvalue weighted by Gasteiger charge is -2.26. The number of nitrogens with one attached hydrogen (secondary N) is 1. The Bertz CT molecular complexity index is 154. The van der Waals surface area contributed by atoms with Crippen LogP contribution in [0.4, 0.5) is 0 Å². The summed E-state index contributed by atoms with van der Waals surface area (Å²) in [6.07, 6.45) is 3.53. The Morgan fingerprint density at radius 2 is 2.00 bits per heavy atom. The molecule has 0 radical (unpaired) electrons. The molecule has 0 aromatic heterocycles. The third-order valence-corrected chi connectivity index (χ3v) is 3.90. The number of methoxy groups -OCH3 is 1. The van der Waals surface area contributed by atoms with Crippen LogP contribution in [0.25, 0.3) is 0 Å². The zero-order chi connectivity index (χ0) is 12.4. The molecule has 0 aliphatic rings. The van der Waals surface area contributed by atoms with Crippen molar-refractivity contribution in [2.24, 2.45) is 0 Å². The summed E-state index contributed by atoms with van der Waals surface area (Å²) < 4.78 is 5.46. The summed E-state index contributed by atoms with van der Waals surface area (Å²) in [4.78, 5) is 0. The normalized spacial score (nSPS) is 14.1. The Hall–Kier alpha value is 0.270. The van der Waals surface area contributed by atoms with Gasteiger partial charge in [-0.1, -0.05) is 13.8 Å². The van der Waals surface area contributed by atoms with Crippen molar-refractivity contribution < 1.29 is 4.74 Å². The first kappa shape index (κ1) is 16.3. The molecule has 98 valence electrons. The molecule has 1 unspecified atom stereocenters. The molecule has 0 saturated heterocycles. The zero-order valence-electron chi connectivity index (χ0n) is 11.6. The molecule has 0 spiro atoms. The third-order valence-electron chi connectivity index (χ3n) is 2.85. The first-order valence-corrected chi connectivity index (χ1v) is 7.57. The summed E-state index contributed by atoms with van der Waals surface area (Å²) in [5, 5.41) is 3.62. The maximum absolute atomic E-state index is 5.46. The first-order chi connectivity index (χ1) is 7.55. The van der Waals surface area contributed by atoms with Crippen molar-refractivity contribution >= 4 is 11.8 Å². The Morgan fingerprint density at radius 3 is 2.50 bits per heavy atom. The monoisotopic (exact) mass is 247 g/mol. The molecule has 2 nitrogen and oxygen atoms in total. The minimum Gasteiger partial charge on any atom is -0.379 e. The van der Waals surface area contributed by atoms with Crippen LogP contribution in [0.3, 0.4) is 0 Å². The van der Waals surface area contributed by atoms with E-state index < -0.39 is 0 Å². The smallest absolute Gasteiger partial charge is 0.0623 e. The van der Waals surface area contributed by atoms with Crippen LogP contribution < -0.4 is 5.32 Å². The molecule has 0 aliphatic carbocycles. The first-order valence-electron chi connectivity index (χ1n) is 6.42. The SMILES string of the molecule is CCCNC(CCC(C)(C)OC)CSCC. The van der Waals surface area contributed by atoms with Crippen molar-refractivity contribution in [1.82, 2.24) is 5.32 Å². The lowest BCUT2D eigenvalue weighted by atomic mass is 9.99. The molecule has 1 N–H and O–H groups in total. The van der Waals surface area contributed by atoms with Crippen molar-refractivity contribution in [2.75, 3.05) is 25.2 Å². The average Bonchev–Trinajstić information content (AvgIpc) is 2.28. The van der Waals surface area contributed by atoms with Crippen molar-refractivity contribution in [2.45, 2.75) is 58.6 Å². The van der Waals surface area contributed by atoms with Crippen LogP contribution in [-0.2, 0) is 4.74 Å². The van der Waals surface area contributed by atoms with E-state index in [1.807, 2.05) is 11.8 Å². The van der Waals surface area contributed by atoms with Crippen molar-refractivity contribution in [1.29, 1.82) is 0 Å². The molecular weight excluding hydrogens is 218 g/mol. The molecule has 0 bridgehead atoms. The molecule has 0 saturated carbocycles. The second kappa shape index (κ2) is 9.32. The Kier molecular flexibility index (Phi) is 9.47. The van der Waals surface area contributed by atoms with Crippen molar-refractivity contribution in [3.05, 3.63) is 0 Å². The summed E-state index contributed by atoms with van der Waals surface area (Å²) >= 11 is 2.02. The molecule has 0 aromatic rings. The van der Waals surface area contributed by atoms with Gasteiger partial charge < -0.3 is 10.1 Å². The van der Waals surface area contributed by atoms with Gasteiger partial charge in [-0.05, 0) is 45.4 Å². The molecule has 0 fully saturated rings. The minimum atomic E-state index is 0.0169. The van der Waals surface area contributed by atoms with Gasteiger partial charge in [0.1, 0.15) is 0 Å². The summed E-state index contributed by atoms with van der Waals surface area (Å²) in [5.41, 5.74) is 0.0169. The van der Waals surface area contributed by atoms with Crippen LogP contribution in [0.15, 0.2) is 0 Å². The van der Waals surface area contributed by atoms with Crippen LogP contribution in [0, 0.1) is 0 Å². The van der Waals surface area contributed by atoms with E-state index >= 15 is 0 Å². The van der Waals surface area contributed by atoms with Crippen LogP contribution in [0.2, 0.25) is 0 Å². The average molecular weight is 247 g/mol. The van der Waals surface area contributed by atoms with Gasteiger partial charge >= 0.3 is 0 Å². The van der Waals surface area contributed by atoms with Gasteiger partial charge in [-0.3, -0.25) is 0 Å². The van der Waals surface area contributed by atoms with Crippen LogP contribution in [-0.4, -0.2) is 36.8 Å². The highest BCUT2D eigenvalue weighted by Crippen LogP contribution is 2.18. The van der Waals surface area contributed by atoms with Crippen molar-refractivity contribution in [3.8, 4) is 0 Å². The largest absolute Gasteiger partial charge is 0.379 e. The standard InChI is InChI=1S/C13H29NOS/c1-6-10-14-12(11-16-7-2)8-9-13(3,4)15-5/h12,14H,6-11H2,1-5H3. The highest BCUT2D eigenvalue weighted by molar-refractivity contribution is 7.99. The van der Waals surface area contributed by atoms with Gasteiger partial charge in [-0.15, -0.1) is 0 Å². The van der Waals surface area contributed by atoms with Crippen LogP contribution in [0.1, 0.15) is 47.0 Å². The highest BCUT2D eigenvalue weighted by Gasteiger charge is 2.18. The fourth-order valence-electron chi connectivity index (χ4n) is 1.48. The van der Waals surface area contributed by atoms with Gasteiger partial charge in [-0.2, -0.15) is 11.8 Å². The Morgan fingerprint density at radius 1 is 1.31 bits per heavy atom. The van der Waals surface area contributed by atoms with Gasteiger partial charge in [-0.25, -0.2) is 0 Å². The number of hydrogen-bond acceptors (Lipinski definition) is 3. The van der Waals surface area contributed by atoms with Gasteiger partial charge in [0.2, 0.25) is 0 Å². The number of rotatable bonds is 10. The fourth-order valence-corrected chi connectivity index (χ4v) is 2.28. The topological polar surface area (TPSA) is 21.3 Å². The molecule has 0 aliphatic heterocycles. The highest BCUT2D eigenvalue weighted by atomic mass is 32.2. The van der Waals surface area contributed by atoms with Gasteiger partial charge in [0.05, 0.1) is 5.60 Å². The molecule has 3 heteroatoms. The number of thioether (sulfide) groups is 1. The maximum Gasteiger partial charge on any atom is 0.0623 e. The molecule has 0 aromatic carbocycles. The Balaban J connectivity index is 3.89.